The first kappa shape index (κ1) is 25.0. The second-order valence-corrected chi connectivity index (χ2v) is 7.78. The molecule has 7 nitrogen and oxygen atoms in total. The molecule has 0 atom stereocenters. The smallest absolute Gasteiger partial charge is 0.388 e. The molecule has 0 bridgehead atoms. The largest absolute Gasteiger partial charge is 0.415 e. The minimum absolute atomic E-state index is 0.0698. The average Bonchev–Trinajstić information content (AvgIpc) is 2.72. The van der Waals surface area contributed by atoms with Gasteiger partial charge in [-0.2, -0.15) is 8.78 Å². The van der Waals surface area contributed by atoms with Crippen LogP contribution in [0.2, 0.25) is 0 Å². The van der Waals surface area contributed by atoms with Gasteiger partial charge in [-0.1, -0.05) is 32.0 Å². The molecule has 1 aliphatic rings. The molecule has 2 N–H and O–H groups in total. The van der Waals surface area contributed by atoms with Crippen LogP contribution in [0.5, 0.6) is 5.88 Å². The van der Waals surface area contributed by atoms with Gasteiger partial charge in [0.25, 0.3) is 0 Å². The Morgan fingerprint density at radius 2 is 1.78 bits per heavy atom. The average molecular weight is 449 g/mol. The van der Waals surface area contributed by atoms with E-state index in [2.05, 4.69) is 20.4 Å². The maximum atomic E-state index is 12.5. The number of aryl methyl sites for hydroxylation is 1. The summed E-state index contributed by atoms with van der Waals surface area (Å²) in [5, 5.41) is 5.20. The number of aromatic nitrogens is 1. The number of likely N-dealkylation sites (tertiary alicyclic amines) is 1. The monoisotopic (exact) mass is 448 g/mol. The number of nitrogens with zero attached hydrogens (tertiary/aromatic N) is 2. The highest BCUT2D eigenvalue weighted by molar-refractivity contribution is 6.01. The van der Waals surface area contributed by atoms with E-state index in [1.54, 1.807) is 30.0 Å². The first-order chi connectivity index (χ1) is 15.2. The Labute approximate surface area is 187 Å². The van der Waals surface area contributed by atoms with Crippen LogP contribution in [0.3, 0.4) is 0 Å². The highest BCUT2D eigenvalue weighted by atomic mass is 19.3. The van der Waals surface area contributed by atoms with Gasteiger partial charge in [-0.05, 0) is 49.4 Å². The van der Waals surface area contributed by atoms with Crippen LogP contribution in [-0.4, -0.2) is 42.0 Å². The molecule has 1 fully saturated rings. The van der Waals surface area contributed by atoms with Gasteiger partial charge in [0.2, 0.25) is 11.8 Å². The number of carbonyl (C=O) groups excluding carboxylic acids is 2. The molecule has 1 aromatic carbocycles. The van der Waals surface area contributed by atoms with E-state index in [1.807, 2.05) is 33.0 Å². The molecule has 2 heterocycles. The topological polar surface area (TPSA) is 83.6 Å². The first-order valence-electron chi connectivity index (χ1n) is 10.5. The van der Waals surface area contributed by atoms with Crippen LogP contribution in [0.1, 0.15) is 50.3 Å². The molecule has 32 heavy (non-hydrogen) atoms. The lowest BCUT2D eigenvalue weighted by molar-refractivity contribution is -0.131. The SMILES string of the molecule is CN1CCCCC1=O.Cc1ccc(NC(=O)Nc2ccccc2C(C)C)c(OC(F)F)n1. The molecule has 3 rings (SSSR count). The predicted octanol–water partition coefficient (Wildman–Crippen LogP) is 5.39. The fourth-order valence-electron chi connectivity index (χ4n) is 3.13. The number of hydrogen-bond donors (Lipinski definition) is 2. The lowest BCUT2D eigenvalue weighted by atomic mass is 10.0. The van der Waals surface area contributed by atoms with Crippen LogP contribution in [0, 0.1) is 6.92 Å². The summed E-state index contributed by atoms with van der Waals surface area (Å²) < 4.78 is 29.3. The number of rotatable bonds is 5. The fraction of sp³-hybridized carbons (Fsp3) is 0.435. The van der Waals surface area contributed by atoms with Crippen molar-refractivity contribution in [1.82, 2.24) is 9.88 Å². The van der Waals surface area contributed by atoms with Crippen molar-refractivity contribution in [1.29, 1.82) is 0 Å². The second-order valence-electron chi connectivity index (χ2n) is 7.78. The van der Waals surface area contributed by atoms with E-state index >= 15 is 0 Å². The summed E-state index contributed by atoms with van der Waals surface area (Å²) in [5.74, 6) is 0.203. The summed E-state index contributed by atoms with van der Waals surface area (Å²) in [7, 11) is 1.86. The molecular weight excluding hydrogens is 418 g/mol. The molecule has 0 unspecified atom stereocenters. The lowest BCUT2D eigenvalue weighted by Crippen LogP contribution is -2.31. The van der Waals surface area contributed by atoms with Gasteiger partial charge in [0.15, 0.2) is 0 Å². The van der Waals surface area contributed by atoms with Crippen molar-refractivity contribution < 1.29 is 23.1 Å². The van der Waals surface area contributed by atoms with Gasteiger partial charge in [-0.15, -0.1) is 0 Å². The van der Waals surface area contributed by atoms with Crippen LogP contribution >= 0.6 is 0 Å². The molecule has 0 aliphatic carbocycles. The third-order valence-corrected chi connectivity index (χ3v) is 4.84. The van der Waals surface area contributed by atoms with Crippen molar-refractivity contribution in [3.8, 4) is 5.88 Å². The second kappa shape index (κ2) is 12.0. The fourth-order valence-corrected chi connectivity index (χ4v) is 3.13. The van der Waals surface area contributed by atoms with Crippen LogP contribution < -0.4 is 15.4 Å². The zero-order chi connectivity index (χ0) is 23.7. The van der Waals surface area contributed by atoms with Crippen molar-refractivity contribution in [2.45, 2.75) is 52.6 Å². The van der Waals surface area contributed by atoms with Crippen molar-refractivity contribution >= 4 is 23.3 Å². The Bertz CT molecular complexity index is 922. The quantitative estimate of drug-likeness (QED) is 0.643. The summed E-state index contributed by atoms with van der Waals surface area (Å²) >= 11 is 0. The van der Waals surface area contributed by atoms with E-state index in [9.17, 15) is 18.4 Å². The highest BCUT2D eigenvalue weighted by Gasteiger charge is 2.15. The van der Waals surface area contributed by atoms with Crippen molar-refractivity contribution in [3.05, 3.63) is 47.7 Å². The van der Waals surface area contributed by atoms with Crippen LogP contribution in [0.4, 0.5) is 25.0 Å². The summed E-state index contributed by atoms with van der Waals surface area (Å²) in [5.41, 5.74) is 2.20. The van der Waals surface area contributed by atoms with Crippen LogP contribution in [-0.2, 0) is 4.79 Å². The molecule has 1 aliphatic heterocycles. The molecular formula is C23H30F2N4O3. The maximum absolute atomic E-state index is 12.5. The number of ether oxygens (including phenoxy) is 1. The molecule has 2 aromatic rings. The van der Waals surface area contributed by atoms with Crippen LogP contribution in [0.15, 0.2) is 36.4 Å². The number of piperidine rings is 1. The summed E-state index contributed by atoms with van der Waals surface area (Å²) in [6.45, 7) is 3.60. The van der Waals surface area contributed by atoms with Crippen molar-refractivity contribution in [3.63, 3.8) is 0 Å². The van der Waals surface area contributed by atoms with Crippen molar-refractivity contribution in [2.24, 2.45) is 0 Å². The van der Waals surface area contributed by atoms with Gasteiger partial charge in [-0.3, -0.25) is 4.79 Å². The first-order valence-corrected chi connectivity index (χ1v) is 10.5. The molecule has 9 heteroatoms. The Morgan fingerprint density at radius 1 is 1.09 bits per heavy atom. The van der Waals surface area contributed by atoms with Gasteiger partial charge in [0.05, 0.1) is 0 Å². The van der Waals surface area contributed by atoms with E-state index in [4.69, 9.17) is 0 Å². The number of carbonyl (C=O) groups is 2. The number of anilines is 2. The summed E-state index contributed by atoms with van der Waals surface area (Å²) in [6, 6.07) is 9.88. The van der Waals surface area contributed by atoms with Gasteiger partial charge in [-0.25, -0.2) is 9.78 Å². The van der Waals surface area contributed by atoms with E-state index < -0.39 is 12.6 Å². The number of hydrogen-bond acceptors (Lipinski definition) is 4. The molecule has 0 spiro atoms. The van der Waals surface area contributed by atoms with E-state index in [1.165, 1.54) is 12.5 Å². The summed E-state index contributed by atoms with van der Waals surface area (Å²) in [4.78, 5) is 28.6. The van der Waals surface area contributed by atoms with Crippen molar-refractivity contribution in [2.75, 3.05) is 24.2 Å². The van der Waals surface area contributed by atoms with E-state index in [0.29, 0.717) is 17.3 Å². The number of urea groups is 1. The zero-order valence-corrected chi connectivity index (χ0v) is 18.8. The number of para-hydroxylation sites is 1. The van der Waals surface area contributed by atoms with Gasteiger partial charge in [0.1, 0.15) is 5.69 Å². The number of benzene rings is 1. The van der Waals surface area contributed by atoms with E-state index in [0.717, 1.165) is 24.9 Å². The number of alkyl halides is 2. The van der Waals surface area contributed by atoms with Gasteiger partial charge >= 0.3 is 12.6 Å². The normalized spacial score (nSPS) is 13.5. The van der Waals surface area contributed by atoms with Gasteiger partial charge in [0, 0.05) is 31.4 Å². The molecule has 1 saturated heterocycles. The minimum atomic E-state index is -3.02. The molecule has 0 radical (unpaired) electrons. The number of nitrogens with one attached hydrogen (secondary N) is 2. The number of pyridine rings is 1. The lowest BCUT2D eigenvalue weighted by Gasteiger charge is -2.21. The molecule has 0 saturated carbocycles. The Hall–Kier alpha value is -3.23. The molecule has 3 amide bonds. The Balaban J connectivity index is 0.000000380. The Kier molecular flexibility index (Phi) is 9.37. The Morgan fingerprint density at radius 3 is 2.38 bits per heavy atom. The third-order valence-electron chi connectivity index (χ3n) is 4.84. The standard InChI is InChI=1S/C17H19F2N3O2.C6H11NO/c1-10(2)12-6-4-5-7-13(12)21-17(23)22-14-9-8-11(3)20-15(14)24-16(18)19;1-7-5-3-2-4-6(7)8/h4-10,16H,1-3H3,(H2,21,22,23);2-5H2,1H3. The number of amides is 3. The predicted molar refractivity (Wildman–Crippen MR) is 120 cm³/mol. The highest BCUT2D eigenvalue weighted by Crippen LogP contribution is 2.26. The van der Waals surface area contributed by atoms with Gasteiger partial charge < -0.3 is 20.3 Å². The summed E-state index contributed by atoms with van der Waals surface area (Å²) in [6.07, 6.45) is 3.03. The van der Waals surface area contributed by atoms with Crippen LogP contribution in [0.25, 0.3) is 0 Å². The maximum Gasteiger partial charge on any atom is 0.388 e. The third kappa shape index (κ3) is 7.79. The molecule has 174 valence electrons. The zero-order valence-electron chi connectivity index (χ0n) is 18.8. The molecule has 1 aromatic heterocycles. The minimum Gasteiger partial charge on any atom is -0.415 e. The van der Waals surface area contributed by atoms with E-state index in [-0.39, 0.29) is 17.5 Å². The number of halogens is 2.